The summed E-state index contributed by atoms with van der Waals surface area (Å²) in [7, 11) is 1.32. The van der Waals surface area contributed by atoms with Gasteiger partial charge in [0.2, 0.25) is 0 Å². The van der Waals surface area contributed by atoms with Gasteiger partial charge in [-0.25, -0.2) is 0 Å². The van der Waals surface area contributed by atoms with E-state index in [0.717, 1.165) is 0 Å². The summed E-state index contributed by atoms with van der Waals surface area (Å²) in [6.07, 6.45) is 0.659. The van der Waals surface area contributed by atoms with Crippen molar-refractivity contribution in [3.05, 3.63) is 28.8 Å². The fourth-order valence-electron chi connectivity index (χ4n) is 1.36. The molecule has 0 aliphatic heterocycles. The van der Waals surface area contributed by atoms with E-state index in [1.807, 2.05) is 0 Å². The Kier molecular flexibility index (Phi) is 4.73. The molecule has 18 heavy (non-hydrogen) atoms. The monoisotopic (exact) mass is 270 g/mol. The normalized spacial score (nSPS) is 10.9. The predicted molar refractivity (Wildman–Crippen MR) is 68.1 cm³/mol. The number of methoxy groups -OCH3 is 1. The van der Waals surface area contributed by atoms with Gasteiger partial charge in [0, 0.05) is 0 Å². The van der Waals surface area contributed by atoms with Crippen molar-refractivity contribution in [1.82, 2.24) is 0 Å². The van der Waals surface area contributed by atoms with Gasteiger partial charge in [-0.2, -0.15) is 0 Å². The molecule has 5 heteroatoms. The van der Waals surface area contributed by atoms with Crippen LogP contribution in [0.25, 0.3) is 0 Å². The molecule has 0 saturated carbocycles. The molecular formula is C13H15ClO4. The standard InChI is InChI=1S/C13H15ClO4/c1-13(2,12(16)17-3)8-18-11-9(7-15)5-4-6-10(11)14/h4-7H,8H2,1-3H3. The molecular weight excluding hydrogens is 256 g/mol. The molecule has 0 N–H and O–H groups in total. The molecule has 4 nitrogen and oxygen atoms in total. The number of rotatable bonds is 5. The Bertz CT molecular complexity index is 454. The topological polar surface area (TPSA) is 52.6 Å². The van der Waals surface area contributed by atoms with Gasteiger partial charge in [0.25, 0.3) is 0 Å². The number of ether oxygens (including phenoxy) is 2. The highest BCUT2D eigenvalue weighted by Gasteiger charge is 2.30. The minimum Gasteiger partial charge on any atom is -0.490 e. The predicted octanol–water partition coefficient (Wildman–Crippen LogP) is 2.73. The van der Waals surface area contributed by atoms with Gasteiger partial charge in [-0.1, -0.05) is 17.7 Å². The van der Waals surface area contributed by atoms with Crippen LogP contribution in [-0.4, -0.2) is 26.0 Å². The van der Waals surface area contributed by atoms with Crippen LogP contribution in [0, 0.1) is 5.41 Å². The summed E-state index contributed by atoms with van der Waals surface area (Å²) in [5.41, 5.74) is -0.461. The minimum absolute atomic E-state index is 0.0737. The number of aldehydes is 1. The second kappa shape index (κ2) is 5.87. The Balaban J connectivity index is 2.87. The van der Waals surface area contributed by atoms with E-state index in [1.165, 1.54) is 7.11 Å². The van der Waals surface area contributed by atoms with Crippen molar-refractivity contribution in [2.75, 3.05) is 13.7 Å². The maximum Gasteiger partial charge on any atom is 0.314 e. The molecule has 1 rings (SSSR count). The lowest BCUT2D eigenvalue weighted by Crippen LogP contribution is -2.32. The van der Waals surface area contributed by atoms with Gasteiger partial charge in [-0.15, -0.1) is 0 Å². The van der Waals surface area contributed by atoms with Crippen molar-refractivity contribution < 1.29 is 19.1 Å². The van der Waals surface area contributed by atoms with E-state index in [4.69, 9.17) is 16.3 Å². The lowest BCUT2D eigenvalue weighted by Gasteiger charge is -2.22. The molecule has 1 aromatic carbocycles. The van der Waals surface area contributed by atoms with Crippen LogP contribution in [0.1, 0.15) is 24.2 Å². The van der Waals surface area contributed by atoms with Crippen molar-refractivity contribution in [3.63, 3.8) is 0 Å². The van der Waals surface area contributed by atoms with Crippen LogP contribution in [0.5, 0.6) is 5.75 Å². The number of benzene rings is 1. The summed E-state index contributed by atoms with van der Waals surface area (Å²) >= 11 is 5.95. The summed E-state index contributed by atoms with van der Waals surface area (Å²) in [5.74, 6) is -0.103. The molecule has 0 aliphatic rings. The summed E-state index contributed by atoms with van der Waals surface area (Å²) in [6, 6.07) is 4.87. The maximum atomic E-state index is 11.5. The number of carbonyl (C=O) groups is 2. The number of hydrogen-bond donors (Lipinski definition) is 0. The number of halogens is 1. The SMILES string of the molecule is COC(=O)C(C)(C)COc1c(Cl)cccc1C=O. The average Bonchev–Trinajstić information content (AvgIpc) is 2.35. The summed E-state index contributed by atoms with van der Waals surface area (Å²) in [6.45, 7) is 3.46. The Hall–Kier alpha value is -1.55. The summed E-state index contributed by atoms with van der Waals surface area (Å²) in [4.78, 5) is 22.4. The van der Waals surface area contributed by atoms with Gasteiger partial charge in [0.1, 0.15) is 12.4 Å². The number of para-hydroxylation sites is 1. The van der Waals surface area contributed by atoms with Crippen LogP contribution >= 0.6 is 11.6 Å². The summed E-state index contributed by atoms with van der Waals surface area (Å²) in [5, 5.41) is 0.334. The van der Waals surface area contributed by atoms with E-state index in [-0.39, 0.29) is 18.3 Å². The Morgan fingerprint density at radius 1 is 1.44 bits per heavy atom. The molecule has 0 spiro atoms. The van der Waals surface area contributed by atoms with Gasteiger partial charge in [0.05, 0.1) is 23.1 Å². The highest BCUT2D eigenvalue weighted by molar-refractivity contribution is 6.32. The molecule has 0 aliphatic carbocycles. The fraction of sp³-hybridized carbons (Fsp3) is 0.385. The van der Waals surface area contributed by atoms with Crippen LogP contribution < -0.4 is 4.74 Å². The first-order valence-corrected chi connectivity index (χ1v) is 5.75. The lowest BCUT2D eigenvalue weighted by molar-refractivity contribution is -0.152. The van der Waals surface area contributed by atoms with Crippen LogP contribution in [0.2, 0.25) is 5.02 Å². The van der Waals surface area contributed by atoms with Gasteiger partial charge < -0.3 is 9.47 Å². The first kappa shape index (κ1) is 14.5. The maximum absolute atomic E-state index is 11.5. The van der Waals surface area contributed by atoms with Gasteiger partial charge in [-0.3, -0.25) is 9.59 Å². The molecule has 0 atom stereocenters. The van der Waals surface area contributed by atoms with Crippen LogP contribution in [0.3, 0.4) is 0 Å². The van der Waals surface area contributed by atoms with E-state index in [9.17, 15) is 9.59 Å². The van der Waals surface area contributed by atoms with E-state index >= 15 is 0 Å². The molecule has 0 fully saturated rings. The van der Waals surface area contributed by atoms with Crippen molar-refractivity contribution in [1.29, 1.82) is 0 Å². The molecule has 0 unspecified atom stereocenters. The Labute approximate surface area is 111 Å². The average molecular weight is 271 g/mol. The van der Waals surface area contributed by atoms with E-state index in [2.05, 4.69) is 4.74 Å². The van der Waals surface area contributed by atoms with Crippen LogP contribution in [-0.2, 0) is 9.53 Å². The number of hydrogen-bond acceptors (Lipinski definition) is 4. The third kappa shape index (κ3) is 3.23. The van der Waals surface area contributed by atoms with E-state index in [1.54, 1.807) is 32.0 Å². The minimum atomic E-state index is -0.811. The molecule has 1 aromatic rings. The van der Waals surface area contributed by atoms with Crippen molar-refractivity contribution in [2.45, 2.75) is 13.8 Å². The lowest BCUT2D eigenvalue weighted by atomic mass is 9.95. The molecule has 0 radical (unpaired) electrons. The van der Waals surface area contributed by atoms with Crippen molar-refractivity contribution >= 4 is 23.9 Å². The largest absolute Gasteiger partial charge is 0.490 e. The zero-order valence-corrected chi connectivity index (χ0v) is 11.3. The van der Waals surface area contributed by atoms with Gasteiger partial charge in [0.15, 0.2) is 6.29 Å². The highest BCUT2D eigenvalue weighted by Crippen LogP contribution is 2.29. The van der Waals surface area contributed by atoms with E-state index < -0.39 is 5.41 Å². The molecule has 98 valence electrons. The zero-order valence-electron chi connectivity index (χ0n) is 10.5. The molecule has 0 aromatic heterocycles. The number of carbonyl (C=O) groups excluding carboxylic acids is 2. The van der Waals surface area contributed by atoms with Gasteiger partial charge in [-0.05, 0) is 26.0 Å². The molecule has 0 heterocycles. The van der Waals surface area contributed by atoms with Crippen molar-refractivity contribution in [2.24, 2.45) is 5.41 Å². The smallest absolute Gasteiger partial charge is 0.314 e. The van der Waals surface area contributed by atoms with Crippen LogP contribution in [0.4, 0.5) is 0 Å². The number of esters is 1. The third-order valence-electron chi connectivity index (χ3n) is 2.44. The quantitative estimate of drug-likeness (QED) is 0.610. The third-order valence-corrected chi connectivity index (χ3v) is 2.74. The summed E-state index contributed by atoms with van der Waals surface area (Å²) < 4.78 is 10.2. The van der Waals surface area contributed by atoms with Gasteiger partial charge >= 0.3 is 5.97 Å². The Morgan fingerprint density at radius 2 is 2.11 bits per heavy atom. The van der Waals surface area contributed by atoms with Crippen molar-refractivity contribution in [3.8, 4) is 5.75 Å². The molecule has 0 bridgehead atoms. The fourth-order valence-corrected chi connectivity index (χ4v) is 1.59. The van der Waals surface area contributed by atoms with Crippen LogP contribution in [0.15, 0.2) is 18.2 Å². The molecule has 0 amide bonds. The van der Waals surface area contributed by atoms with E-state index in [0.29, 0.717) is 16.9 Å². The highest BCUT2D eigenvalue weighted by atomic mass is 35.5. The Morgan fingerprint density at radius 3 is 2.67 bits per heavy atom. The first-order chi connectivity index (χ1) is 8.42. The second-order valence-corrected chi connectivity index (χ2v) is 4.85. The first-order valence-electron chi connectivity index (χ1n) is 5.37. The second-order valence-electron chi connectivity index (χ2n) is 4.44. The zero-order chi connectivity index (χ0) is 13.8. The molecule has 0 saturated heterocycles.